The van der Waals surface area contributed by atoms with Crippen molar-refractivity contribution >= 4 is 58.8 Å². The average molecular weight is 746 g/mol. The monoisotopic (exact) mass is 745 g/mol. The molecule has 3 aromatic carbocycles. The molecule has 0 spiro atoms. The fourth-order valence-electron chi connectivity index (χ4n) is 6.40. The SMILES string of the molecule is Cc1cccc(/C=N/Nc2cc(N3CCOCC3)nc(OCCc3ccc(NC(=O)CNc4ccc5c(c4)C(=O)N(C4CCC(=O)NC4=O)C5=O)cc3)n2)c1. The van der Waals surface area contributed by atoms with Crippen LogP contribution in [0.2, 0.25) is 0 Å². The minimum Gasteiger partial charge on any atom is -0.463 e. The Bertz CT molecular complexity index is 2150. The Morgan fingerprint density at radius 2 is 1.75 bits per heavy atom. The number of carbonyl (C=O) groups is 5. The number of nitrogens with one attached hydrogen (secondary N) is 4. The number of carbonyl (C=O) groups excluding carboxylic acids is 5. The summed E-state index contributed by atoms with van der Waals surface area (Å²) in [6.07, 6.45) is 2.40. The maximum atomic E-state index is 13.1. The fourth-order valence-corrected chi connectivity index (χ4v) is 6.40. The highest BCUT2D eigenvalue weighted by molar-refractivity contribution is 6.23. The summed E-state index contributed by atoms with van der Waals surface area (Å²) in [7, 11) is 0. The molecule has 282 valence electrons. The minimum absolute atomic E-state index is 0.0367. The Morgan fingerprint density at radius 3 is 2.53 bits per heavy atom. The van der Waals surface area contributed by atoms with E-state index in [4.69, 9.17) is 9.47 Å². The van der Waals surface area contributed by atoms with Crippen molar-refractivity contribution in [1.82, 2.24) is 20.2 Å². The van der Waals surface area contributed by atoms with Gasteiger partial charge in [0, 0.05) is 43.4 Å². The predicted octanol–water partition coefficient (Wildman–Crippen LogP) is 3.14. The van der Waals surface area contributed by atoms with Crippen LogP contribution >= 0.6 is 0 Å². The largest absolute Gasteiger partial charge is 0.463 e. The van der Waals surface area contributed by atoms with E-state index >= 15 is 0 Å². The molecule has 0 bridgehead atoms. The zero-order valence-corrected chi connectivity index (χ0v) is 30.0. The van der Waals surface area contributed by atoms with Crippen LogP contribution in [-0.4, -0.2) is 96.1 Å². The molecule has 0 saturated carbocycles. The van der Waals surface area contributed by atoms with Crippen molar-refractivity contribution < 1.29 is 33.4 Å². The van der Waals surface area contributed by atoms with Gasteiger partial charge < -0.3 is 25.0 Å². The van der Waals surface area contributed by atoms with Crippen LogP contribution in [0.1, 0.15) is 50.2 Å². The van der Waals surface area contributed by atoms with Crippen LogP contribution in [0.25, 0.3) is 0 Å². The number of nitrogens with zero attached hydrogens (tertiary/aromatic N) is 5. The summed E-state index contributed by atoms with van der Waals surface area (Å²) in [4.78, 5) is 74.8. The van der Waals surface area contributed by atoms with E-state index in [-0.39, 0.29) is 42.4 Å². The van der Waals surface area contributed by atoms with E-state index in [2.05, 4.69) is 41.3 Å². The maximum absolute atomic E-state index is 13.1. The van der Waals surface area contributed by atoms with Crippen molar-refractivity contribution in [2.24, 2.45) is 5.10 Å². The standard InChI is InChI=1S/C39H39N9O7/c1-24-3-2-4-26(19-24)22-41-46-32-21-33(47-14-17-54-18-15-47)44-39(43-32)55-16-13-25-5-7-27(8-6-25)42-35(50)23-40-28-9-10-29-30(20-28)38(53)48(37(29)52)31-11-12-34(49)45-36(31)51/h2-10,19-22,31,40H,11-18,23H2,1H3,(H,42,50)(H,43,44,46)(H,45,49,51)/b41-22+. The van der Waals surface area contributed by atoms with Crippen LogP contribution in [0, 0.1) is 6.92 Å². The van der Waals surface area contributed by atoms with Crippen molar-refractivity contribution in [3.63, 3.8) is 0 Å². The van der Waals surface area contributed by atoms with Gasteiger partial charge in [-0.1, -0.05) is 42.0 Å². The van der Waals surface area contributed by atoms with Crippen LogP contribution in [0.15, 0.2) is 77.9 Å². The smallest absolute Gasteiger partial charge is 0.320 e. The Balaban J connectivity index is 0.901. The molecule has 1 unspecified atom stereocenters. The molecule has 4 N–H and O–H groups in total. The lowest BCUT2D eigenvalue weighted by Gasteiger charge is -2.28. The molecule has 3 aliphatic heterocycles. The molecule has 0 aliphatic carbocycles. The van der Waals surface area contributed by atoms with E-state index in [0.29, 0.717) is 62.3 Å². The second-order valence-corrected chi connectivity index (χ2v) is 13.2. The fraction of sp³-hybridized carbons (Fsp3) is 0.282. The minimum atomic E-state index is -1.05. The Labute approximate surface area is 316 Å². The van der Waals surface area contributed by atoms with Gasteiger partial charge in [-0.3, -0.25) is 39.6 Å². The first kappa shape index (κ1) is 36.7. The Morgan fingerprint density at radius 1 is 0.964 bits per heavy atom. The van der Waals surface area contributed by atoms with Gasteiger partial charge in [-0.15, -0.1) is 0 Å². The van der Waals surface area contributed by atoms with Gasteiger partial charge in [0.05, 0.1) is 43.7 Å². The van der Waals surface area contributed by atoms with Crippen molar-refractivity contribution in [3.05, 3.63) is 101 Å². The number of fused-ring (bicyclic) bond motifs is 1. The lowest BCUT2D eigenvalue weighted by molar-refractivity contribution is -0.136. The molecule has 4 heterocycles. The second kappa shape index (κ2) is 16.6. The number of hydrogen-bond donors (Lipinski definition) is 4. The number of benzene rings is 3. The topological polar surface area (TPSA) is 197 Å². The number of morpholine rings is 1. The summed E-state index contributed by atoms with van der Waals surface area (Å²) in [5, 5.41) is 12.3. The van der Waals surface area contributed by atoms with Gasteiger partial charge >= 0.3 is 6.01 Å². The van der Waals surface area contributed by atoms with Gasteiger partial charge in [0.2, 0.25) is 17.7 Å². The summed E-state index contributed by atoms with van der Waals surface area (Å²) in [6, 6.07) is 20.9. The summed E-state index contributed by atoms with van der Waals surface area (Å²) >= 11 is 0. The van der Waals surface area contributed by atoms with E-state index in [1.165, 1.54) is 12.1 Å². The van der Waals surface area contributed by atoms with Crippen LogP contribution in [0.5, 0.6) is 6.01 Å². The molecule has 2 fully saturated rings. The number of amides is 5. The third kappa shape index (κ3) is 8.93. The summed E-state index contributed by atoms with van der Waals surface area (Å²) in [6.45, 7) is 4.85. The van der Waals surface area contributed by atoms with Crippen LogP contribution in [0.3, 0.4) is 0 Å². The van der Waals surface area contributed by atoms with Crippen molar-refractivity contribution in [2.75, 3.05) is 60.4 Å². The zero-order chi connectivity index (χ0) is 38.3. The van der Waals surface area contributed by atoms with E-state index in [1.54, 1.807) is 24.4 Å². The molecule has 3 aliphatic rings. The number of aryl methyl sites for hydroxylation is 1. The van der Waals surface area contributed by atoms with Gasteiger partial charge in [0.15, 0.2) is 5.82 Å². The number of rotatable bonds is 13. The van der Waals surface area contributed by atoms with Gasteiger partial charge in [0.1, 0.15) is 11.9 Å². The summed E-state index contributed by atoms with van der Waals surface area (Å²) < 4.78 is 11.5. The molecule has 1 aromatic heterocycles. The van der Waals surface area contributed by atoms with Gasteiger partial charge in [-0.2, -0.15) is 15.1 Å². The highest BCUT2D eigenvalue weighted by Crippen LogP contribution is 2.29. The molecule has 4 aromatic rings. The molecule has 16 heteroatoms. The molecule has 16 nitrogen and oxygen atoms in total. The van der Waals surface area contributed by atoms with Crippen molar-refractivity contribution in [1.29, 1.82) is 0 Å². The van der Waals surface area contributed by atoms with Crippen molar-refractivity contribution in [3.8, 4) is 6.01 Å². The quantitative estimate of drug-likeness (QED) is 0.0888. The predicted molar refractivity (Wildman–Crippen MR) is 203 cm³/mol. The first-order valence-electron chi connectivity index (χ1n) is 17.9. The third-order valence-corrected chi connectivity index (χ3v) is 9.21. The number of hydrogen-bond acceptors (Lipinski definition) is 13. The summed E-state index contributed by atoms with van der Waals surface area (Å²) in [5.41, 5.74) is 7.40. The van der Waals surface area contributed by atoms with Crippen molar-refractivity contribution in [2.45, 2.75) is 32.2 Å². The van der Waals surface area contributed by atoms with E-state index in [1.807, 2.05) is 49.4 Å². The van der Waals surface area contributed by atoms with Crippen LogP contribution in [0.4, 0.5) is 23.0 Å². The zero-order valence-electron chi connectivity index (χ0n) is 30.0. The molecule has 55 heavy (non-hydrogen) atoms. The average Bonchev–Trinajstić information content (AvgIpc) is 3.43. The number of aromatic nitrogens is 2. The number of imide groups is 2. The van der Waals surface area contributed by atoms with Gasteiger partial charge in [0.25, 0.3) is 11.8 Å². The van der Waals surface area contributed by atoms with E-state index in [0.717, 1.165) is 21.6 Å². The highest BCUT2D eigenvalue weighted by Gasteiger charge is 2.44. The van der Waals surface area contributed by atoms with Crippen LogP contribution in [-0.2, 0) is 25.5 Å². The molecular weight excluding hydrogens is 706 g/mol. The summed E-state index contributed by atoms with van der Waals surface area (Å²) in [5.74, 6) is -1.44. The number of piperidine rings is 1. The highest BCUT2D eigenvalue weighted by atomic mass is 16.5. The van der Waals surface area contributed by atoms with Crippen LogP contribution < -0.4 is 31.0 Å². The third-order valence-electron chi connectivity index (χ3n) is 9.21. The molecule has 0 radical (unpaired) electrons. The lowest BCUT2D eigenvalue weighted by atomic mass is 10.0. The molecule has 5 amide bonds. The molecule has 7 rings (SSSR count). The lowest BCUT2D eigenvalue weighted by Crippen LogP contribution is -2.54. The number of ether oxygens (including phenoxy) is 2. The first-order chi connectivity index (χ1) is 26.7. The number of hydrazone groups is 1. The number of anilines is 4. The van der Waals surface area contributed by atoms with Gasteiger partial charge in [-0.25, -0.2) is 0 Å². The Kier molecular flexibility index (Phi) is 11.0. The van der Waals surface area contributed by atoms with E-state index < -0.39 is 29.7 Å². The molecule has 1 atom stereocenters. The van der Waals surface area contributed by atoms with Gasteiger partial charge in [-0.05, 0) is 54.8 Å². The molecular formula is C39H39N9O7. The second-order valence-electron chi connectivity index (χ2n) is 13.2. The first-order valence-corrected chi connectivity index (χ1v) is 17.9. The Hall–Kier alpha value is -6.68. The van der Waals surface area contributed by atoms with E-state index in [9.17, 15) is 24.0 Å². The molecule has 2 saturated heterocycles. The maximum Gasteiger partial charge on any atom is 0.320 e. The normalized spacial score (nSPS) is 16.9.